The summed E-state index contributed by atoms with van der Waals surface area (Å²) in [6, 6.07) is 0. The molecular formula is C4H2ArO3. The van der Waals surface area contributed by atoms with E-state index in [0.29, 0.717) is 0 Å². The van der Waals surface area contributed by atoms with Gasteiger partial charge in [-0.15, -0.1) is 0 Å². The van der Waals surface area contributed by atoms with Crippen molar-refractivity contribution >= 4 is 11.9 Å². The fourth-order valence-corrected chi connectivity index (χ4v) is 0.303. The molecule has 0 bridgehead atoms. The first-order valence-electron chi connectivity index (χ1n) is 1.73. The van der Waals surface area contributed by atoms with Crippen molar-refractivity contribution in [2.75, 3.05) is 0 Å². The molecule has 0 radical (unpaired) electrons. The SMILES string of the molecule is O=C1C=CC(=O)O1.[Ar]. The summed E-state index contributed by atoms with van der Waals surface area (Å²) in [5, 5.41) is 0. The van der Waals surface area contributed by atoms with E-state index in [4.69, 9.17) is 0 Å². The number of rotatable bonds is 0. The van der Waals surface area contributed by atoms with E-state index in [-0.39, 0.29) is 37.7 Å². The summed E-state index contributed by atoms with van der Waals surface area (Å²) in [5.41, 5.74) is 0. The van der Waals surface area contributed by atoms with Crippen molar-refractivity contribution in [2.45, 2.75) is 0 Å². The zero-order valence-corrected chi connectivity index (χ0v) is 4.44. The first-order valence-corrected chi connectivity index (χ1v) is 1.73. The van der Waals surface area contributed by atoms with E-state index in [1.165, 1.54) is 0 Å². The zero-order chi connectivity index (χ0) is 5.28. The van der Waals surface area contributed by atoms with Gasteiger partial charge in [-0.1, -0.05) is 0 Å². The van der Waals surface area contributed by atoms with Gasteiger partial charge in [0.05, 0.1) is 0 Å². The summed E-state index contributed by atoms with van der Waals surface area (Å²) in [5.74, 6) is -1.16. The number of carbonyl (C=O) groups is 2. The second kappa shape index (κ2) is 3.22. The molecule has 44 valence electrons. The largest absolute Gasteiger partial charge is 0.387 e. The molecule has 0 N–H and O–H groups in total. The Bertz CT molecular complexity index is 133. The molecule has 0 aromatic rings. The number of cyclic esters (lactones) is 2. The fraction of sp³-hybridized carbons (Fsp3) is 0. The minimum Gasteiger partial charge on any atom is -0.387 e. The molecule has 1 heterocycles. The molecule has 0 atom stereocenters. The Kier molecular flexibility index (Phi) is 3.28. The summed E-state index contributed by atoms with van der Waals surface area (Å²) in [4.78, 5) is 19.8. The van der Waals surface area contributed by atoms with Crippen molar-refractivity contribution in [3.05, 3.63) is 12.2 Å². The quantitative estimate of drug-likeness (QED) is 0.338. The Morgan fingerprint density at radius 3 is 1.62 bits per heavy atom. The standard InChI is InChI=1S/C4H2O3.Ar/c5-3-1-2-4(6)7-3;/h1-2H;. The number of esters is 2. The fourth-order valence-electron chi connectivity index (χ4n) is 0.303. The van der Waals surface area contributed by atoms with Gasteiger partial charge >= 0.3 is 11.9 Å². The molecule has 0 aromatic carbocycles. The van der Waals surface area contributed by atoms with Crippen molar-refractivity contribution in [1.82, 2.24) is 0 Å². The Morgan fingerprint density at radius 1 is 1.12 bits per heavy atom. The van der Waals surface area contributed by atoms with Crippen LogP contribution >= 0.6 is 0 Å². The maximum Gasteiger partial charge on any atom is 0.338 e. The Balaban J connectivity index is 0.000000490. The molecule has 0 amide bonds. The van der Waals surface area contributed by atoms with Crippen LogP contribution in [0.15, 0.2) is 12.2 Å². The van der Waals surface area contributed by atoms with Crippen molar-refractivity contribution in [1.29, 1.82) is 0 Å². The summed E-state index contributed by atoms with van der Waals surface area (Å²) in [6.07, 6.45) is 2.17. The Hall–Kier alpha value is 0.140. The van der Waals surface area contributed by atoms with E-state index < -0.39 is 11.9 Å². The van der Waals surface area contributed by atoms with Gasteiger partial charge in [0, 0.05) is 49.9 Å². The zero-order valence-electron chi connectivity index (χ0n) is 3.73. The van der Waals surface area contributed by atoms with Crippen LogP contribution in [-0.2, 0) is 14.3 Å². The number of carbonyl (C=O) groups excluding carboxylic acids is 2. The van der Waals surface area contributed by atoms with Crippen molar-refractivity contribution in [3.63, 3.8) is 0 Å². The second-order valence-electron chi connectivity index (χ2n) is 1.07. The molecule has 0 saturated carbocycles. The van der Waals surface area contributed by atoms with Gasteiger partial charge in [-0.05, 0) is 0 Å². The minimum absolute atomic E-state index is 0. The molecule has 0 spiro atoms. The third kappa shape index (κ3) is 1.94. The summed E-state index contributed by atoms with van der Waals surface area (Å²) >= 11 is 0. The van der Waals surface area contributed by atoms with E-state index in [0.717, 1.165) is 12.2 Å². The van der Waals surface area contributed by atoms with Gasteiger partial charge < -0.3 is 4.74 Å². The molecule has 8 heavy (non-hydrogen) atoms. The van der Waals surface area contributed by atoms with E-state index >= 15 is 0 Å². The molecule has 1 rings (SSSR count). The molecule has 4 heteroatoms. The number of hydrogen-bond acceptors (Lipinski definition) is 3. The van der Waals surface area contributed by atoms with Gasteiger partial charge in [0.1, 0.15) is 0 Å². The normalized spacial score (nSPS) is 15.5. The van der Waals surface area contributed by atoms with Crippen LogP contribution in [0.1, 0.15) is 0 Å². The van der Waals surface area contributed by atoms with Gasteiger partial charge in [0.2, 0.25) is 0 Å². The third-order valence-electron chi connectivity index (χ3n) is 0.557. The van der Waals surface area contributed by atoms with Crippen LogP contribution in [0, 0.1) is 37.7 Å². The summed E-state index contributed by atoms with van der Waals surface area (Å²) < 4.78 is 3.97. The van der Waals surface area contributed by atoms with Crippen LogP contribution in [0.4, 0.5) is 0 Å². The molecule has 3 nitrogen and oxygen atoms in total. The van der Waals surface area contributed by atoms with Crippen LogP contribution in [-0.4, -0.2) is 11.9 Å². The number of ether oxygens (including phenoxy) is 1. The van der Waals surface area contributed by atoms with Crippen molar-refractivity contribution in [2.24, 2.45) is 0 Å². The van der Waals surface area contributed by atoms with Gasteiger partial charge in [-0.2, -0.15) is 0 Å². The van der Waals surface area contributed by atoms with E-state index in [1.807, 2.05) is 0 Å². The van der Waals surface area contributed by atoms with Crippen LogP contribution < -0.4 is 0 Å². The third-order valence-corrected chi connectivity index (χ3v) is 0.557. The first kappa shape index (κ1) is 8.14. The minimum atomic E-state index is -0.579. The van der Waals surface area contributed by atoms with Gasteiger partial charge in [-0.3, -0.25) is 0 Å². The molecule has 0 aromatic heterocycles. The summed E-state index contributed by atoms with van der Waals surface area (Å²) in [7, 11) is 0. The second-order valence-corrected chi connectivity index (χ2v) is 1.07. The van der Waals surface area contributed by atoms with E-state index in [2.05, 4.69) is 4.74 Å². The first-order chi connectivity index (χ1) is 3.29. The van der Waals surface area contributed by atoms with Crippen molar-refractivity contribution < 1.29 is 52.1 Å². The molecule has 0 fully saturated rings. The van der Waals surface area contributed by atoms with E-state index in [1.54, 1.807) is 0 Å². The molecule has 0 unspecified atom stereocenters. The molecule has 1 aliphatic rings. The van der Waals surface area contributed by atoms with Crippen LogP contribution in [0.25, 0.3) is 0 Å². The average Bonchev–Trinajstić information content (AvgIpc) is 1.87. The van der Waals surface area contributed by atoms with Crippen LogP contribution in [0.3, 0.4) is 0 Å². The average molecular weight is 138 g/mol. The monoisotopic (exact) mass is 138 g/mol. The van der Waals surface area contributed by atoms with Crippen LogP contribution in [0.2, 0.25) is 0 Å². The van der Waals surface area contributed by atoms with E-state index in [9.17, 15) is 9.59 Å². The van der Waals surface area contributed by atoms with Gasteiger partial charge in [0.15, 0.2) is 0 Å². The smallest absolute Gasteiger partial charge is 0.338 e. The Labute approximate surface area is 75.7 Å². The van der Waals surface area contributed by atoms with Gasteiger partial charge in [0.25, 0.3) is 0 Å². The van der Waals surface area contributed by atoms with Crippen molar-refractivity contribution in [3.8, 4) is 0 Å². The summed E-state index contributed by atoms with van der Waals surface area (Å²) in [6.45, 7) is 0. The predicted molar refractivity (Wildman–Crippen MR) is 20.2 cm³/mol. The molecule has 1 aliphatic heterocycles. The maximum atomic E-state index is 9.92. The molecular weight excluding hydrogens is 136 g/mol. The maximum absolute atomic E-state index is 9.92. The Morgan fingerprint density at radius 2 is 1.50 bits per heavy atom. The molecule has 0 aliphatic carbocycles. The number of hydrogen-bond donors (Lipinski definition) is 0. The van der Waals surface area contributed by atoms with Gasteiger partial charge in [-0.25, -0.2) is 9.59 Å². The molecule has 0 saturated heterocycles. The predicted octanol–water partition coefficient (Wildman–Crippen LogP) is -0.374. The topological polar surface area (TPSA) is 43.4 Å². The van der Waals surface area contributed by atoms with Crippen LogP contribution in [0.5, 0.6) is 0 Å².